The number of alkyl halides is 3. The summed E-state index contributed by atoms with van der Waals surface area (Å²) in [5.41, 5.74) is 6.75. The number of hydrogen-bond acceptors (Lipinski definition) is 5. The zero-order chi connectivity index (χ0) is 23.5. The van der Waals surface area contributed by atoms with Crippen molar-refractivity contribution in [3.05, 3.63) is 35.9 Å². The highest BCUT2D eigenvalue weighted by Crippen LogP contribution is 2.13. The first kappa shape index (κ1) is 27.4. The lowest BCUT2D eigenvalue weighted by Crippen LogP contribution is -2.51. The third-order valence-electron chi connectivity index (χ3n) is 3.80. The zero-order valence-electron chi connectivity index (χ0n) is 17.4. The number of ether oxygens (including phenoxy) is 1. The molecule has 0 bridgehead atoms. The molecule has 1 aromatic rings. The summed E-state index contributed by atoms with van der Waals surface area (Å²) in [5, 5.41) is 9.85. The van der Waals surface area contributed by atoms with E-state index in [0.29, 0.717) is 6.42 Å². The van der Waals surface area contributed by atoms with Gasteiger partial charge in [-0.05, 0) is 23.8 Å². The van der Waals surface area contributed by atoms with E-state index in [-0.39, 0.29) is 24.3 Å². The molecule has 30 heavy (non-hydrogen) atoms. The third-order valence-corrected chi connectivity index (χ3v) is 3.80. The summed E-state index contributed by atoms with van der Waals surface area (Å²) in [6.07, 6.45) is -4.57. The van der Waals surface area contributed by atoms with Crippen LogP contribution < -0.4 is 11.1 Å². The third kappa shape index (κ3) is 11.4. The fourth-order valence-corrected chi connectivity index (χ4v) is 2.09. The van der Waals surface area contributed by atoms with Crippen LogP contribution in [0.4, 0.5) is 13.2 Å². The molecule has 0 radical (unpaired) electrons. The van der Waals surface area contributed by atoms with Gasteiger partial charge in [-0.3, -0.25) is 4.79 Å². The molecule has 4 N–H and O–H groups in total. The second-order valence-electron chi connectivity index (χ2n) is 7.36. The molecular formula is C20H29F3N2O5. The minimum Gasteiger partial charge on any atom is -0.475 e. The lowest BCUT2D eigenvalue weighted by atomic mass is 10.0. The summed E-state index contributed by atoms with van der Waals surface area (Å²) >= 11 is 0. The molecular weight excluding hydrogens is 405 g/mol. The van der Waals surface area contributed by atoms with Gasteiger partial charge in [0, 0.05) is 0 Å². The molecule has 10 heteroatoms. The highest BCUT2D eigenvalue weighted by atomic mass is 19.4. The Balaban J connectivity index is 0.00000103. The molecule has 0 aliphatic carbocycles. The van der Waals surface area contributed by atoms with Crippen LogP contribution >= 0.6 is 0 Å². The summed E-state index contributed by atoms with van der Waals surface area (Å²) in [6, 6.07) is 8.15. The maximum atomic E-state index is 12.3. The van der Waals surface area contributed by atoms with Crippen LogP contribution in [0.3, 0.4) is 0 Å². The predicted octanol–water partition coefficient (Wildman–Crippen LogP) is 2.88. The Hall–Kier alpha value is -2.62. The van der Waals surface area contributed by atoms with Crippen molar-refractivity contribution in [2.24, 2.45) is 17.6 Å². The van der Waals surface area contributed by atoms with E-state index in [0.717, 1.165) is 5.56 Å². The van der Waals surface area contributed by atoms with Crippen LogP contribution in [0.5, 0.6) is 0 Å². The van der Waals surface area contributed by atoms with Gasteiger partial charge in [-0.2, -0.15) is 13.2 Å². The molecule has 0 aromatic heterocycles. The van der Waals surface area contributed by atoms with Crippen molar-refractivity contribution in [2.75, 3.05) is 0 Å². The number of nitrogens with two attached hydrogens (primary N) is 1. The normalized spacial score (nSPS) is 13.1. The van der Waals surface area contributed by atoms with Crippen LogP contribution in [0.2, 0.25) is 0 Å². The van der Waals surface area contributed by atoms with Gasteiger partial charge in [0.2, 0.25) is 5.91 Å². The number of amides is 1. The minimum atomic E-state index is -5.08. The largest absolute Gasteiger partial charge is 0.490 e. The van der Waals surface area contributed by atoms with Gasteiger partial charge in [0.15, 0.2) is 0 Å². The van der Waals surface area contributed by atoms with Gasteiger partial charge in [0.25, 0.3) is 0 Å². The zero-order valence-corrected chi connectivity index (χ0v) is 17.4. The SMILES string of the molecule is CC(C)C[C@@H](NC(=O)[C@H](N)C(C)C)C(=O)OCc1ccccc1.O=C(O)C(F)(F)F. The quantitative estimate of drug-likeness (QED) is 0.542. The fraction of sp³-hybridized carbons (Fsp3) is 0.550. The second kappa shape index (κ2) is 12.8. The fourth-order valence-electron chi connectivity index (χ4n) is 2.09. The van der Waals surface area contributed by atoms with Gasteiger partial charge in [0.1, 0.15) is 12.6 Å². The van der Waals surface area contributed by atoms with Crippen molar-refractivity contribution >= 4 is 17.8 Å². The summed E-state index contributed by atoms with van der Waals surface area (Å²) < 4.78 is 37.1. The van der Waals surface area contributed by atoms with Crippen molar-refractivity contribution in [3.8, 4) is 0 Å². The topological polar surface area (TPSA) is 119 Å². The number of nitrogens with one attached hydrogen (secondary N) is 1. The van der Waals surface area contributed by atoms with Gasteiger partial charge in [0.05, 0.1) is 6.04 Å². The van der Waals surface area contributed by atoms with Crippen molar-refractivity contribution in [2.45, 2.75) is 59.0 Å². The van der Waals surface area contributed by atoms with E-state index in [4.69, 9.17) is 20.4 Å². The van der Waals surface area contributed by atoms with Crippen LogP contribution in [0.1, 0.15) is 39.7 Å². The van der Waals surface area contributed by atoms with Crippen molar-refractivity contribution < 1.29 is 37.4 Å². The molecule has 0 aliphatic heterocycles. The number of aliphatic carboxylic acids is 1. The number of carbonyl (C=O) groups is 3. The van der Waals surface area contributed by atoms with E-state index in [9.17, 15) is 22.8 Å². The van der Waals surface area contributed by atoms with Crippen molar-refractivity contribution in [1.29, 1.82) is 0 Å². The Morgan fingerprint density at radius 2 is 1.60 bits per heavy atom. The van der Waals surface area contributed by atoms with Gasteiger partial charge in [-0.15, -0.1) is 0 Å². The lowest BCUT2D eigenvalue weighted by molar-refractivity contribution is -0.192. The molecule has 1 rings (SSSR count). The maximum absolute atomic E-state index is 12.3. The summed E-state index contributed by atoms with van der Waals surface area (Å²) in [4.78, 5) is 33.3. The number of rotatable bonds is 8. The Labute approximate surface area is 173 Å². The molecule has 0 unspecified atom stereocenters. The highest BCUT2D eigenvalue weighted by molar-refractivity contribution is 5.87. The lowest BCUT2D eigenvalue weighted by Gasteiger charge is -2.22. The molecule has 7 nitrogen and oxygen atoms in total. The number of carboxylic acids is 1. The maximum Gasteiger partial charge on any atom is 0.490 e. The first-order valence-electron chi connectivity index (χ1n) is 9.32. The average Bonchev–Trinajstić information content (AvgIpc) is 2.64. The van der Waals surface area contributed by atoms with Gasteiger partial charge in [-0.1, -0.05) is 58.0 Å². The number of carboxylic acid groups (broad SMARTS) is 1. The Kier molecular flexibility index (Phi) is 11.7. The smallest absolute Gasteiger partial charge is 0.475 e. The first-order valence-corrected chi connectivity index (χ1v) is 9.32. The van der Waals surface area contributed by atoms with Crippen LogP contribution in [-0.2, 0) is 25.7 Å². The first-order chi connectivity index (χ1) is 13.8. The van der Waals surface area contributed by atoms with Gasteiger partial charge >= 0.3 is 18.1 Å². The number of esters is 1. The summed E-state index contributed by atoms with van der Waals surface area (Å²) in [6.45, 7) is 7.92. The number of halogens is 3. The highest BCUT2D eigenvalue weighted by Gasteiger charge is 2.38. The van der Waals surface area contributed by atoms with Crippen LogP contribution in [0, 0.1) is 11.8 Å². The second-order valence-corrected chi connectivity index (χ2v) is 7.36. The molecule has 0 spiro atoms. The van der Waals surface area contributed by atoms with E-state index in [2.05, 4.69) is 5.32 Å². The van der Waals surface area contributed by atoms with Gasteiger partial charge in [-0.25, -0.2) is 9.59 Å². The van der Waals surface area contributed by atoms with Gasteiger partial charge < -0.3 is 20.9 Å². The molecule has 1 aromatic carbocycles. The molecule has 0 saturated carbocycles. The molecule has 0 heterocycles. The van der Waals surface area contributed by atoms with E-state index >= 15 is 0 Å². The van der Waals surface area contributed by atoms with Crippen LogP contribution in [0.25, 0.3) is 0 Å². The molecule has 0 saturated heterocycles. The Morgan fingerprint density at radius 1 is 1.10 bits per heavy atom. The van der Waals surface area contributed by atoms with E-state index < -0.39 is 30.2 Å². The van der Waals surface area contributed by atoms with Crippen molar-refractivity contribution in [3.63, 3.8) is 0 Å². The van der Waals surface area contributed by atoms with E-state index in [1.807, 2.05) is 58.0 Å². The standard InChI is InChI=1S/C18H28N2O3.C2HF3O2/c1-12(2)10-15(20-17(21)16(19)13(3)4)18(22)23-11-14-8-6-5-7-9-14;3-2(4,5)1(6)7/h5-9,12-13,15-16H,10-11,19H2,1-4H3,(H,20,21);(H,6,7)/t15-,16-;/m1./s1. The molecule has 170 valence electrons. The number of carbonyl (C=O) groups excluding carboxylic acids is 2. The summed E-state index contributed by atoms with van der Waals surface area (Å²) in [7, 11) is 0. The molecule has 1 amide bonds. The van der Waals surface area contributed by atoms with E-state index in [1.54, 1.807) is 0 Å². The van der Waals surface area contributed by atoms with E-state index in [1.165, 1.54) is 0 Å². The average molecular weight is 434 g/mol. The molecule has 0 aliphatic rings. The monoisotopic (exact) mass is 434 g/mol. The molecule has 2 atom stereocenters. The van der Waals surface area contributed by atoms with Crippen LogP contribution in [0.15, 0.2) is 30.3 Å². The van der Waals surface area contributed by atoms with Crippen molar-refractivity contribution in [1.82, 2.24) is 5.32 Å². The molecule has 0 fully saturated rings. The predicted molar refractivity (Wildman–Crippen MR) is 104 cm³/mol. The number of hydrogen-bond donors (Lipinski definition) is 3. The minimum absolute atomic E-state index is 0.00930. The summed E-state index contributed by atoms with van der Waals surface area (Å²) in [5.74, 6) is -3.24. The Bertz CT molecular complexity index is 679. The Morgan fingerprint density at radius 3 is 2.00 bits per heavy atom. The van der Waals surface area contributed by atoms with Crippen LogP contribution in [-0.4, -0.2) is 41.2 Å². The number of benzene rings is 1.